The molecule has 0 N–H and O–H groups in total. The van der Waals surface area contributed by atoms with Gasteiger partial charge in [0, 0.05) is 19.5 Å². The van der Waals surface area contributed by atoms with Crippen molar-refractivity contribution < 1.29 is 24.3 Å². The second-order valence-corrected chi connectivity index (χ2v) is 14.4. The molecule has 0 heterocycles. The smallest absolute Gasteiger partial charge is 0.102 e. The van der Waals surface area contributed by atoms with Gasteiger partial charge in [0.15, 0.2) is 0 Å². The molecule has 0 atom stereocenters. The normalized spacial score (nSPS) is 9.88. The number of hydrogen-bond acceptors (Lipinski definition) is 1. The monoisotopic (exact) mass is 784 g/mol. The summed E-state index contributed by atoms with van der Waals surface area (Å²) in [6.45, 7) is 0. The molecule has 0 bridgehead atoms. The van der Waals surface area contributed by atoms with E-state index in [-0.39, 0.29) is 19.5 Å². The molecular formula is C37H32IOP2Rh+. The third-order valence-electron chi connectivity index (χ3n) is 6.37. The topological polar surface area (TPSA) is 17.1 Å². The number of rotatable bonds is 6. The van der Waals surface area contributed by atoms with Crippen molar-refractivity contribution in [3.63, 3.8) is 0 Å². The molecule has 6 aromatic rings. The zero-order chi connectivity index (χ0) is 28.5. The van der Waals surface area contributed by atoms with E-state index in [1.54, 1.807) is 0 Å². The summed E-state index contributed by atoms with van der Waals surface area (Å²) in [6, 6.07) is 65.0. The second kappa shape index (κ2) is 19.4. The largest absolute Gasteiger partial charge is 0.531 e. The maximum Gasteiger partial charge on any atom is 0.102 e. The van der Waals surface area contributed by atoms with Crippen molar-refractivity contribution >= 4 is 74.6 Å². The van der Waals surface area contributed by atoms with E-state index in [4.69, 9.17) is 4.79 Å². The summed E-state index contributed by atoms with van der Waals surface area (Å²) in [6.07, 6.45) is 0. The summed E-state index contributed by atoms with van der Waals surface area (Å²) >= 11 is 1.48. The van der Waals surface area contributed by atoms with Gasteiger partial charge in [-0.25, -0.2) is 0 Å². The minimum Gasteiger partial charge on any atom is -0.531 e. The molecule has 0 aromatic heterocycles. The van der Waals surface area contributed by atoms with Gasteiger partial charge in [0.1, 0.15) is 31.8 Å². The van der Waals surface area contributed by atoms with Gasteiger partial charge in [0.25, 0.3) is 0 Å². The van der Waals surface area contributed by atoms with Gasteiger partial charge < -0.3 is 4.79 Å². The van der Waals surface area contributed by atoms with Gasteiger partial charge in [-0.05, 0) is 72.8 Å². The van der Waals surface area contributed by atoms with Gasteiger partial charge >= 0.3 is 0 Å². The molecule has 0 aliphatic carbocycles. The van der Waals surface area contributed by atoms with Crippen molar-refractivity contribution in [2.75, 3.05) is 0 Å². The average Bonchev–Trinajstić information content (AvgIpc) is 3.05. The van der Waals surface area contributed by atoms with E-state index in [1.165, 1.54) is 58.7 Å². The van der Waals surface area contributed by atoms with Crippen LogP contribution in [0.25, 0.3) is 0 Å². The summed E-state index contributed by atoms with van der Waals surface area (Å²) in [5, 5.41) is 8.61. The summed E-state index contributed by atoms with van der Waals surface area (Å²) < 4.78 is 1.47. The first kappa shape index (κ1) is 33.7. The van der Waals surface area contributed by atoms with Crippen molar-refractivity contribution in [1.82, 2.24) is 0 Å². The van der Waals surface area contributed by atoms with Crippen LogP contribution in [-0.4, -0.2) is 4.29 Å². The zero-order valence-corrected chi connectivity index (χ0v) is 28.7. The van der Waals surface area contributed by atoms with E-state index in [0.717, 1.165) is 0 Å². The number of hydrogen-bond donors (Lipinski definition) is 0. The zero-order valence-electron chi connectivity index (χ0n) is 22.9. The quantitative estimate of drug-likeness (QED) is 0.0595. The Morgan fingerprint density at radius 3 is 0.571 bits per heavy atom. The van der Waals surface area contributed by atoms with Crippen molar-refractivity contribution in [2.24, 2.45) is 0 Å². The third-order valence-corrected chi connectivity index (χ3v) is 11.8. The molecule has 5 heteroatoms. The molecule has 0 saturated heterocycles. The van der Waals surface area contributed by atoms with Crippen LogP contribution in [0.3, 0.4) is 0 Å². The van der Waals surface area contributed by atoms with E-state index < -0.39 is 15.8 Å². The molecule has 0 aliphatic rings. The second-order valence-electron chi connectivity index (χ2n) is 9.02. The fraction of sp³-hybridized carbons (Fsp3) is 0. The van der Waals surface area contributed by atoms with Crippen LogP contribution in [0.1, 0.15) is 0 Å². The van der Waals surface area contributed by atoms with Crippen molar-refractivity contribution in [3.8, 4) is 0 Å². The molecule has 211 valence electrons. The molecule has 1 radical (unpaired) electrons. The fourth-order valence-electron chi connectivity index (χ4n) is 4.63. The number of carbonyl (C=O) groups excluding carboxylic acids is 1. The first-order valence-electron chi connectivity index (χ1n) is 13.4. The van der Waals surface area contributed by atoms with Crippen molar-refractivity contribution in [3.05, 3.63) is 182 Å². The average molecular weight is 784 g/mol. The van der Waals surface area contributed by atoms with E-state index >= 15 is 0 Å². The van der Waals surface area contributed by atoms with E-state index in [9.17, 15) is 0 Å². The molecule has 0 unspecified atom stereocenters. The Morgan fingerprint density at radius 2 is 0.452 bits per heavy atom. The van der Waals surface area contributed by atoms with Gasteiger partial charge in [-0.2, -0.15) is 4.29 Å². The third kappa shape index (κ3) is 10.2. The van der Waals surface area contributed by atoms with Crippen LogP contribution in [0, 0.1) is 0 Å². The van der Waals surface area contributed by atoms with Crippen molar-refractivity contribution in [1.29, 1.82) is 0 Å². The minimum atomic E-state index is -0.877. The van der Waals surface area contributed by atoms with Crippen LogP contribution >= 0.6 is 38.4 Å². The maximum absolute atomic E-state index is 8.67. The standard InChI is InChI=1S/2C18H15P.CIO.Rh/c2*1-4-10-16(11-5-1)19(17-12-6-2-7-13-17)18-14-8-3-9-15-18;2-1-3;/h2*1-15H;;/q;;-1;/p+2. The van der Waals surface area contributed by atoms with Gasteiger partial charge in [-0.3, -0.25) is 22.6 Å². The molecule has 0 aliphatic heterocycles. The van der Waals surface area contributed by atoms with E-state index in [2.05, 4.69) is 182 Å². The Bertz CT molecular complexity index is 1230. The van der Waals surface area contributed by atoms with Crippen molar-refractivity contribution in [2.45, 2.75) is 0 Å². The molecule has 6 aromatic carbocycles. The Hall–Kier alpha value is -2.80. The maximum atomic E-state index is 8.67. The predicted octanol–water partition coefficient (Wildman–Crippen LogP) is 6.84. The molecule has 42 heavy (non-hydrogen) atoms. The molecule has 0 saturated carbocycles. The summed E-state index contributed by atoms with van der Waals surface area (Å²) in [4.78, 5) is 8.67. The number of halogens is 1. The summed E-state index contributed by atoms with van der Waals surface area (Å²) in [5.74, 6) is 0. The van der Waals surface area contributed by atoms with E-state index in [1.807, 2.05) is 0 Å². The molecular weight excluding hydrogens is 752 g/mol. The summed E-state index contributed by atoms with van der Waals surface area (Å²) in [7, 11) is -1.75. The minimum absolute atomic E-state index is 0. The van der Waals surface area contributed by atoms with Gasteiger partial charge in [-0.15, -0.1) is 0 Å². The Balaban J connectivity index is 0.000000207. The molecule has 0 spiro atoms. The first-order chi connectivity index (χ1) is 20.3. The van der Waals surface area contributed by atoms with Gasteiger partial charge in [-0.1, -0.05) is 109 Å². The Morgan fingerprint density at radius 1 is 0.333 bits per heavy atom. The SMILES string of the molecule is O=[C-]I.[Rh].c1ccc([PH+](c2ccccc2)c2ccccc2)cc1.c1ccc([PH+](c2ccccc2)c2ccccc2)cc1. The number of benzene rings is 6. The van der Waals surface area contributed by atoms with Crippen LogP contribution in [-0.2, 0) is 24.3 Å². The summed E-state index contributed by atoms with van der Waals surface area (Å²) in [5.41, 5.74) is 0. The molecule has 0 fully saturated rings. The van der Waals surface area contributed by atoms with Crippen LogP contribution in [0.4, 0.5) is 0 Å². The van der Waals surface area contributed by atoms with Crippen LogP contribution in [0.15, 0.2) is 182 Å². The van der Waals surface area contributed by atoms with E-state index in [0.29, 0.717) is 0 Å². The Labute approximate surface area is 278 Å². The van der Waals surface area contributed by atoms with Crippen LogP contribution in [0.5, 0.6) is 0 Å². The first-order valence-corrected chi connectivity index (χ1v) is 17.4. The van der Waals surface area contributed by atoms with Crippen LogP contribution in [0.2, 0.25) is 0 Å². The van der Waals surface area contributed by atoms with Crippen LogP contribution < -0.4 is 31.8 Å². The Kier molecular flexibility index (Phi) is 15.6. The predicted molar refractivity (Wildman–Crippen MR) is 193 cm³/mol. The molecule has 0 amide bonds. The van der Waals surface area contributed by atoms with Gasteiger partial charge in [0.2, 0.25) is 0 Å². The van der Waals surface area contributed by atoms with Gasteiger partial charge in [0.05, 0.1) is 15.8 Å². The fourth-order valence-corrected chi connectivity index (χ4v) is 9.78. The molecule has 1 nitrogen and oxygen atoms in total. The molecule has 6 rings (SSSR count).